The summed E-state index contributed by atoms with van der Waals surface area (Å²) in [6.45, 7) is 0.645. The Hall–Kier alpha value is -2.33. The minimum atomic E-state index is -0.0592. The molecule has 2 aromatic rings. The summed E-state index contributed by atoms with van der Waals surface area (Å²) in [4.78, 5) is 17.8. The highest BCUT2D eigenvalue weighted by molar-refractivity contribution is 6.30. The molecular weight excluding hydrogens is 298 g/mol. The predicted molar refractivity (Wildman–Crippen MR) is 89.0 cm³/mol. The number of nitrogens with one attached hydrogen (secondary N) is 1. The van der Waals surface area contributed by atoms with E-state index in [0.717, 1.165) is 22.7 Å². The number of benzene rings is 1. The Morgan fingerprint density at radius 2 is 1.95 bits per heavy atom. The smallest absolute Gasteiger partial charge is 0.322 e. The number of urea groups is 1. The number of amides is 2. The fourth-order valence-corrected chi connectivity index (χ4v) is 2.63. The van der Waals surface area contributed by atoms with Gasteiger partial charge in [-0.1, -0.05) is 35.9 Å². The first kappa shape index (κ1) is 14.6. The van der Waals surface area contributed by atoms with E-state index >= 15 is 0 Å². The van der Waals surface area contributed by atoms with E-state index in [2.05, 4.69) is 16.4 Å². The average Bonchev–Trinajstić information content (AvgIpc) is 2.91. The molecule has 0 spiro atoms. The summed E-state index contributed by atoms with van der Waals surface area (Å²) in [5.41, 5.74) is 1.96. The number of aromatic nitrogens is 1. The molecule has 5 heteroatoms. The van der Waals surface area contributed by atoms with Crippen LogP contribution in [-0.2, 0) is 0 Å². The van der Waals surface area contributed by atoms with Crippen molar-refractivity contribution < 1.29 is 4.79 Å². The lowest BCUT2D eigenvalue weighted by molar-refractivity contribution is 0.251. The third-order valence-electron chi connectivity index (χ3n) is 3.60. The second-order valence-electron chi connectivity index (χ2n) is 5.10. The maximum Gasteiger partial charge on any atom is 0.322 e. The number of pyridine rings is 1. The van der Waals surface area contributed by atoms with E-state index in [4.69, 9.17) is 11.6 Å². The van der Waals surface area contributed by atoms with Gasteiger partial charge in [0.25, 0.3) is 0 Å². The van der Waals surface area contributed by atoms with Crippen LogP contribution in [0.2, 0.25) is 5.02 Å². The van der Waals surface area contributed by atoms with E-state index in [9.17, 15) is 4.79 Å². The van der Waals surface area contributed by atoms with Gasteiger partial charge in [0.1, 0.15) is 0 Å². The fourth-order valence-electron chi connectivity index (χ4n) is 2.50. The second kappa shape index (κ2) is 6.62. The maximum absolute atomic E-state index is 12.0. The fraction of sp³-hybridized carbons (Fsp3) is 0.176. The van der Waals surface area contributed by atoms with Gasteiger partial charge in [0, 0.05) is 29.6 Å². The van der Waals surface area contributed by atoms with Crippen molar-refractivity contribution in [3.05, 3.63) is 65.5 Å². The Bertz CT molecular complexity index is 670. The topological polar surface area (TPSA) is 45.2 Å². The monoisotopic (exact) mass is 313 g/mol. The van der Waals surface area contributed by atoms with Gasteiger partial charge in [0.2, 0.25) is 0 Å². The van der Waals surface area contributed by atoms with Crippen molar-refractivity contribution in [3.63, 3.8) is 0 Å². The van der Waals surface area contributed by atoms with Gasteiger partial charge in [-0.05, 0) is 36.2 Å². The van der Waals surface area contributed by atoms with E-state index in [0.29, 0.717) is 6.54 Å². The Labute approximate surface area is 134 Å². The van der Waals surface area contributed by atoms with Crippen molar-refractivity contribution in [2.24, 2.45) is 0 Å². The van der Waals surface area contributed by atoms with Gasteiger partial charge in [-0.2, -0.15) is 0 Å². The zero-order valence-electron chi connectivity index (χ0n) is 11.9. The standard InChI is InChI=1S/C17H16ClN3O/c18-14-6-4-13(5-7-14)2-1-3-16-12-20-17(22)21(16)15-8-10-19-11-9-15/h1-2,4-11,16H,3,12H2,(H,20,22)/b2-1+. The van der Waals surface area contributed by atoms with Crippen molar-refractivity contribution in [3.8, 4) is 0 Å². The van der Waals surface area contributed by atoms with Crippen LogP contribution in [0, 0.1) is 0 Å². The van der Waals surface area contributed by atoms with Crippen LogP contribution in [0.1, 0.15) is 12.0 Å². The molecule has 2 amide bonds. The molecule has 2 heterocycles. The molecular formula is C17H16ClN3O. The van der Waals surface area contributed by atoms with Crippen LogP contribution in [0.4, 0.5) is 10.5 Å². The van der Waals surface area contributed by atoms with Crippen LogP contribution >= 0.6 is 11.6 Å². The molecule has 0 radical (unpaired) electrons. The third-order valence-corrected chi connectivity index (χ3v) is 3.85. The number of carbonyl (C=O) groups is 1. The Kier molecular flexibility index (Phi) is 4.39. The molecule has 1 aromatic heterocycles. The number of hydrogen-bond donors (Lipinski definition) is 1. The highest BCUT2D eigenvalue weighted by atomic mass is 35.5. The summed E-state index contributed by atoms with van der Waals surface area (Å²) < 4.78 is 0. The Morgan fingerprint density at radius 1 is 1.23 bits per heavy atom. The highest BCUT2D eigenvalue weighted by Crippen LogP contribution is 2.22. The second-order valence-corrected chi connectivity index (χ2v) is 5.54. The van der Waals surface area contributed by atoms with Gasteiger partial charge in [0.05, 0.1) is 6.04 Å². The van der Waals surface area contributed by atoms with Crippen LogP contribution < -0.4 is 10.2 Å². The lowest BCUT2D eigenvalue weighted by atomic mass is 10.1. The number of nitrogens with zero attached hydrogens (tertiary/aromatic N) is 2. The summed E-state index contributed by atoms with van der Waals surface area (Å²) in [5.74, 6) is 0. The molecule has 3 rings (SSSR count). The number of anilines is 1. The summed E-state index contributed by atoms with van der Waals surface area (Å²) in [6, 6.07) is 11.4. The quantitative estimate of drug-likeness (QED) is 0.934. The molecule has 4 nitrogen and oxygen atoms in total. The van der Waals surface area contributed by atoms with E-state index in [-0.39, 0.29) is 12.1 Å². The summed E-state index contributed by atoms with van der Waals surface area (Å²) in [7, 11) is 0. The maximum atomic E-state index is 12.0. The molecule has 1 N–H and O–H groups in total. The van der Waals surface area contributed by atoms with Crippen LogP contribution in [0.3, 0.4) is 0 Å². The van der Waals surface area contributed by atoms with Crippen LogP contribution in [0.15, 0.2) is 54.9 Å². The summed E-state index contributed by atoms with van der Waals surface area (Å²) in [6.07, 6.45) is 8.30. The molecule has 0 aliphatic carbocycles. The molecule has 1 fully saturated rings. The SMILES string of the molecule is O=C1NCC(C/C=C/c2ccc(Cl)cc2)N1c1ccncc1. The van der Waals surface area contributed by atoms with Crippen LogP contribution in [0.25, 0.3) is 6.08 Å². The summed E-state index contributed by atoms with van der Waals surface area (Å²) in [5, 5.41) is 3.62. The van der Waals surface area contributed by atoms with E-state index in [1.807, 2.05) is 42.5 Å². The lowest BCUT2D eigenvalue weighted by Crippen LogP contribution is -2.33. The first-order valence-corrected chi connectivity index (χ1v) is 7.51. The predicted octanol–water partition coefficient (Wildman–Crippen LogP) is 3.74. The molecule has 1 aromatic carbocycles. The van der Waals surface area contributed by atoms with Crippen LogP contribution in [-0.4, -0.2) is 23.6 Å². The Morgan fingerprint density at radius 3 is 2.68 bits per heavy atom. The molecule has 1 saturated heterocycles. The number of halogens is 1. The van der Waals surface area contributed by atoms with Gasteiger partial charge in [0.15, 0.2) is 0 Å². The average molecular weight is 314 g/mol. The molecule has 1 unspecified atom stereocenters. The minimum absolute atomic E-state index is 0.0592. The molecule has 22 heavy (non-hydrogen) atoms. The largest absolute Gasteiger partial charge is 0.336 e. The molecule has 112 valence electrons. The zero-order chi connectivity index (χ0) is 15.4. The van der Waals surface area contributed by atoms with E-state index in [1.165, 1.54) is 0 Å². The molecule has 1 aliphatic heterocycles. The summed E-state index contributed by atoms with van der Waals surface area (Å²) >= 11 is 5.87. The molecule has 1 aliphatic rings. The highest BCUT2D eigenvalue weighted by Gasteiger charge is 2.30. The van der Waals surface area contributed by atoms with Crippen molar-refractivity contribution in [2.75, 3.05) is 11.4 Å². The first-order valence-electron chi connectivity index (χ1n) is 7.13. The first-order chi connectivity index (χ1) is 10.7. The van der Waals surface area contributed by atoms with Gasteiger partial charge in [-0.25, -0.2) is 4.79 Å². The van der Waals surface area contributed by atoms with E-state index in [1.54, 1.807) is 17.3 Å². The molecule has 0 bridgehead atoms. The number of hydrogen-bond acceptors (Lipinski definition) is 2. The Balaban J connectivity index is 1.69. The van der Waals surface area contributed by atoms with Crippen molar-refractivity contribution in [1.82, 2.24) is 10.3 Å². The molecule has 0 saturated carbocycles. The molecule has 1 atom stereocenters. The van der Waals surface area contributed by atoms with Gasteiger partial charge < -0.3 is 5.32 Å². The van der Waals surface area contributed by atoms with Crippen molar-refractivity contribution in [1.29, 1.82) is 0 Å². The van der Waals surface area contributed by atoms with Gasteiger partial charge in [-0.15, -0.1) is 0 Å². The third kappa shape index (κ3) is 3.28. The zero-order valence-corrected chi connectivity index (χ0v) is 12.7. The lowest BCUT2D eigenvalue weighted by Gasteiger charge is -2.21. The minimum Gasteiger partial charge on any atom is -0.336 e. The van der Waals surface area contributed by atoms with Gasteiger partial charge in [-0.3, -0.25) is 9.88 Å². The number of carbonyl (C=O) groups excluding carboxylic acids is 1. The number of rotatable bonds is 4. The normalized spacial score (nSPS) is 18.0. The van der Waals surface area contributed by atoms with Crippen molar-refractivity contribution >= 4 is 29.4 Å². The van der Waals surface area contributed by atoms with Crippen molar-refractivity contribution in [2.45, 2.75) is 12.5 Å². The van der Waals surface area contributed by atoms with E-state index < -0.39 is 0 Å². The van der Waals surface area contributed by atoms with Crippen LogP contribution in [0.5, 0.6) is 0 Å². The van der Waals surface area contributed by atoms with Gasteiger partial charge >= 0.3 is 6.03 Å².